The van der Waals surface area contributed by atoms with E-state index < -0.39 is 0 Å². The number of ketones is 2. The third-order valence-corrected chi connectivity index (χ3v) is 5.97. The van der Waals surface area contributed by atoms with Gasteiger partial charge < -0.3 is 0 Å². The smallest absolute Gasteiger partial charge is 0.296 e. The normalized spacial score (nSPS) is 12.9. The molecule has 0 aliphatic carbocycles. The van der Waals surface area contributed by atoms with Gasteiger partial charge >= 0.3 is 6.03 Å². The molecule has 4 aromatic carbocycles. The van der Waals surface area contributed by atoms with E-state index in [1.54, 1.807) is 72.4 Å². The van der Waals surface area contributed by atoms with Crippen LogP contribution < -0.4 is 9.80 Å². The van der Waals surface area contributed by atoms with Gasteiger partial charge in [0.05, 0.1) is 11.4 Å². The molecule has 5 heteroatoms. The molecule has 0 atom stereocenters. The number of anilines is 2. The third-order valence-electron chi connectivity index (χ3n) is 5.97. The average Bonchev–Trinajstić information content (AvgIpc) is 2.85. The Hall–Kier alpha value is -4.25. The molecule has 0 bridgehead atoms. The van der Waals surface area contributed by atoms with Gasteiger partial charge in [0, 0.05) is 47.1 Å². The minimum absolute atomic E-state index is 0.168. The van der Waals surface area contributed by atoms with Crippen LogP contribution in [0, 0.1) is 0 Å². The lowest BCUT2D eigenvalue weighted by Crippen LogP contribution is -2.42. The minimum atomic E-state index is -0.178. The number of urea groups is 1. The van der Waals surface area contributed by atoms with Crippen LogP contribution in [0.25, 0.3) is 10.8 Å². The second-order valence-electron chi connectivity index (χ2n) is 7.81. The van der Waals surface area contributed by atoms with E-state index in [2.05, 4.69) is 0 Å². The number of nitrogens with zero attached hydrogens (tertiary/aromatic N) is 2. The van der Waals surface area contributed by atoms with Gasteiger partial charge in [-0.15, -0.1) is 0 Å². The van der Waals surface area contributed by atoms with Gasteiger partial charge in [0.1, 0.15) is 0 Å². The first kappa shape index (κ1) is 19.7. The minimum Gasteiger partial charge on any atom is -0.296 e. The number of hydrogen-bond acceptors (Lipinski definition) is 3. The lowest BCUT2D eigenvalue weighted by Gasteiger charge is -2.33. The van der Waals surface area contributed by atoms with E-state index in [-0.39, 0.29) is 17.6 Å². The zero-order chi connectivity index (χ0) is 22.4. The monoisotopic (exact) mass is 420 g/mol. The van der Waals surface area contributed by atoms with Crippen LogP contribution in [0.4, 0.5) is 16.2 Å². The van der Waals surface area contributed by atoms with E-state index in [9.17, 15) is 14.4 Å². The highest BCUT2D eigenvalue weighted by Gasteiger charge is 2.31. The zero-order valence-corrected chi connectivity index (χ0v) is 17.7. The van der Waals surface area contributed by atoms with Crippen LogP contribution >= 0.6 is 0 Å². The molecule has 2 amide bonds. The first-order chi connectivity index (χ1) is 15.5. The second kappa shape index (κ2) is 7.46. The van der Waals surface area contributed by atoms with Crippen molar-refractivity contribution in [3.63, 3.8) is 0 Å². The van der Waals surface area contributed by atoms with Gasteiger partial charge in [-0.3, -0.25) is 19.4 Å². The molecule has 1 heterocycles. The highest BCUT2D eigenvalue weighted by Crippen LogP contribution is 2.43. The van der Waals surface area contributed by atoms with Crippen molar-refractivity contribution in [3.05, 3.63) is 107 Å². The molecule has 1 aliphatic rings. The van der Waals surface area contributed by atoms with Crippen molar-refractivity contribution in [2.75, 3.05) is 23.9 Å². The molecule has 0 unspecified atom stereocenters. The van der Waals surface area contributed by atoms with Crippen molar-refractivity contribution in [2.24, 2.45) is 0 Å². The number of carbonyl (C=O) groups is 3. The Bertz CT molecular complexity index is 1290. The Morgan fingerprint density at radius 3 is 1.38 bits per heavy atom. The van der Waals surface area contributed by atoms with E-state index in [4.69, 9.17) is 0 Å². The maximum Gasteiger partial charge on any atom is 0.328 e. The van der Waals surface area contributed by atoms with Crippen molar-refractivity contribution in [1.82, 2.24) is 0 Å². The summed E-state index contributed by atoms with van der Waals surface area (Å²) in [5.41, 5.74) is 3.30. The van der Waals surface area contributed by atoms with Gasteiger partial charge in [-0.1, -0.05) is 60.7 Å². The van der Waals surface area contributed by atoms with Crippen molar-refractivity contribution in [3.8, 4) is 0 Å². The molecule has 0 saturated carbocycles. The molecule has 5 rings (SSSR count). The average molecular weight is 420 g/mol. The Kier molecular flexibility index (Phi) is 4.59. The fourth-order valence-corrected chi connectivity index (χ4v) is 4.32. The molecule has 0 aromatic heterocycles. The van der Waals surface area contributed by atoms with E-state index >= 15 is 0 Å². The predicted octanol–water partition coefficient (Wildman–Crippen LogP) is 5.31. The maximum atomic E-state index is 13.5. The lowest BCUT2D eigenvalue weighted by molar-refractivity contribution is 0.103. The molecular weight excluding hydrogens is 400 g/mol. The fraction of sp³-hybridized carbons (Fsp3) is 0.0741. The molecule has 0 N–H and O–H groups in total. The highest BCUT2D eigenvalue weighted by molar-refractivity contribution is 6.30. The summed E-state index contributed by atoms with van der Waals surface area (Å²) in [6.45, 7) is 0. The van der Waals surface area contributed by atoms with Gasteiger partial charge in [0.2, 0.25) is 0 Å². The van der Waals surface area contributed by atoms with E-state index in [1.807, 2.05) is 36.4 Å². The Labute approximate surface area is 185 Å². The topological polar surface area (TPSA) is 57.7 Å². The SMILES string of the molecule is CN1C(=O)N(C)c2ccc(C(=O)c3ccccc3)c3c(C(=O)c4ccccc4)ccc1c23. The van der Waals surface area contributed by atoms with E-state index in [0.717, 1.165) is 5.39 Å². The van der Waals surface area contributed by atoms with Crippen molar-refractivity contribution in [2.45, 2.75) is 0 Å². The van der Waals surface area contributed by atoms with Crippen molar-refractivity contribution < 1.29 is 14.4 Å². The van der Waals surface area contributed by atoms with Crippen LogP contribution in [-0.2, 0) is 0 Å². The Balaban J connectivity index is 1.85. The molecule has 0 spiro atoms. The molecule has 4 aromatic rings. The van der Waals surface area contributed by atoms with Gasteiger partial charge in [0.25, 0.3) is 0 Å². The predicted molar refractivity (Wildman–Crippen MR) is 126 cm³/mol. The summed E-state index contributed by atoms with van der Waals surface area (Å²) in [6, 6.07) is 24.8. The molecule has 5 nitrogen and oxygen atoms in total. The summed E-state index contributed by atoms with van der Waals surface area (Å²) < 4.78 is 0. The maximum absolute atomic E-state index is 13.5. The number of hydrogen-bond donors (Lipinski definition) is 0. The van der Waals surface area contributed by atoms with Crippen molar-refractivity contribution >= 4 is 39.7 Å². The molecule has 1 aliphatic heterocycles. The summed E-state index contributed by atoms with van der Waals surface area (Å²) in [5.74, 6) is -0.336. The molecular formula is C27H20N2O3. The Morgan fingerprint density at radius 2 is 0.969 bits per heavy atom. The van der Waals surface area contributed by atoms with Crippen LogP contribution in [0.2, 0.25) is 0 Å². The molecule has 0 saturated heterocycles. The van der Waals surface area contributed by atoms with Gasteiger partial charge in [0.15, 0.2) is 11.6 Å². The Morgan fingerprint density at radius 1 is 0.562 bits per heavy atom. The molecule has 32 heavy (non-hydrogen) atoms. The number of amides is 2. The fourth-order valence-electron chi connectivity index (χ4n) is 4.32. The summed E-state index contributed by atoms with van der Waals surface area (Å²) in [6.07, 6.45) is 0. The van der Waals surface area contributed by atoms with Gasteiger partial charge in [-0.2, -0.15) is 0 Å². The quantitative estimate of drug-likeness (QED) is 0.421. The lowest BCUT2D eigenvalue weighted by atomic mass is 9.88. The summed E-state index contributed by atoms with van der Waals surface area (Å²) >= 11 is 0. The van der Waals surface area contributed by atoms with Crippen molar-refractivity contribution in [1.29, 1.82) is 0 Å². The third kappa shape index (κ3) is 2.90. The first-order valence-corrected chi connectivity index (χ1v) is 10.3. The first-order valence-electron chi connectivity index (χ1n) is 10.3. The summed E-state index contributed by atoms with van der Waals surface area (Å²) in [4.78, 5) is 42.9. The van der Waals surface area contributed by atoms with Gasteiger partial charge in [-0.25, -0.2) is 4.79 Å². The molecule has 156 valence electrons. The van der Waals surface area contributed by atoms with Crippen LogP contribution in [-0.4, -0.2) is 31.7 Å². The van der Waals surface area contributed by atoms with Crippen LogP contribution in [0.5, 0.6) is 0 Å². The number of carbonyl (C=O) groups excluding carboxylic acids is 3. The number of benzene rings is 4. The van der Waals surface area contributed by atoms with Crippen LogP contribution in [0.15, 0.2) is 84.9 Å². The molecule has 0 radical (unpaired) electrons. The van der Waals surface area contributed by atoms with E-state index in [1.165, 1.54) is 0 Å². The summed E-state index contributed by atoms with van der Waals surface area (Å²) in [5, 5.41) is 1.28. The zero-order valence-electron chi connectivity index (χ0n) is 17.7. The van der Waals surface area contributed by atoms with Crippen LogP contribution in [0.1, 0.15) is 31.8 Å². The standard InChI is InChI=1S/C27H20N2O3/c1-28-21-15-13-19(25(30)17-9-5-3-6-10-17)23-20(26(31)18-11-7-4-8-12-18)14-16-22(24(21)23)29(2)27(28)32/h3-16H,1-2H3. The highest BCUT2D eigenvalue weighted by atomic mass is 16.2. The molecule has 0 fully saturated rings. The second-order valence-corrected chi connectivity index (χ2v) is 7.81. The van der Waals surface area contributed by atoms with E-state index in [0.29, 0.717) is 39.0 Å². The number of rotatable bonds is 4. The van der Waals surface area contributed by atoms with Crippen LogP contribution in [0.3, 0.4) is 0 Å². The largest absolute Gasteiger partial charge is 0.328 e. The summed E-state index contributed by atoms with van der Waals surface area (Å²) in [7, 11) is 3.39. The van der Waals surface area contributed by atoms with Gasteiger partial charge in [-0.05, 0) is 24.3 Å².